The van der Waals surface area contributed by atoms with Crippen molar-refractivity contribution in [3.05, 3.63) is 48.2 Å². The van der Waals surface area contributed by atoms with E-state index in [9.17, 15) is 28.7 Å². The number of benzene rings is 1. The lowest BCUT2D eigenvalue weighted by atomic mass is 10.1. The Morgan fingerprint density at radius 1 is 1.07 bits per heavy atom. The summed E-state index contributed by atoms with van der Waals surface area (Å²) in [6.45, 7) is 3.32. The van der Waals surface area contributed by atoms with Crippen LogP contribution in [0.2, 0.25) is 0 Å². The molecule has 2 aliphatic heterocycles. The van der Waals surface area contributed by atoms with Crippen molar-refractivity contribution in [1.29, 1.82) is 0 Å². The molecular formula is C28H38N5O8P. The van der Waals surface area contributed by atoms with Gasteiger partial charge in [-0.3, -0.25) is 14.2 Å². The van der Waals surface area contributed by atoms with Gasteiger partial charge in [-0.15, -0.1) is 0 Å². The number of methoxy groups -OCH3 is 1. The van der Waals surface area contributed by atoms with E-state index >= 15 is 0 Å². The maximum absolute atomic E-state index is 13.5. The highest BCUT2D eigenvalue weighted by molar-refractivity contribution is 7.53. The summed E-state index contributed by atoms with van der Waals surface area (Å²) in [5.74, 6) is -3.95. The van der Waals surface area contributed by atoms with Gasteiger partial charge in [-0.25, -0.2) is 9.78 Å². The van der Waals surface area contributed by atoms with Gasteiger partial charge in [-0.1, -0.05) is 43.7 Å². The minimum atomic E-state index is -5.13. The van der Waals surface area contributed by atoms with E-state index in [0.717, 1.165) is 31.2 Å². The lowest BCUT2D eigenvalue weighted by molar-refractivity contribution is -0.133. The fourth-order valence-corrected chi connectivity index (χ4v) is 5.73. The second-order valence-electron chi connectivity index (χ2n) is 10.2. The van der Waals surface area contributed by atoms with Gasteiger partial charge in [0, 0.05) is 51.1 Å². The molecule has 13 nitrogen and oxygen atoms in total. The first-order valence-corrected chi connectivity index (χ1v) is 15.7. The van der Waals surface area contributed by atoms with Crippen LogP contribution >= 0.6 is 7.60 Å². The Bertz CT molecular complexity index is 1300. The van der Waals surface area contributed by atoms with Crippen LogP contribution < -0.4 is 10.2 Å². The number of unbranched alkanes of at least 4 members (excludes halogenated alkanes) is 1. The zero-order valence-electron chi connectivity index (χ0n) is 23.8. The van der Waals surface area contributed by atoms with Crippen LogP contribution in [-0.4, -0.2) is 101 Å². The number of ether oxygens (including phenoxy) is 2. The fraction of sp³-hybridized carbons (Fsp3) is 0.500. The number of nitrogens with one attached hydrogen (secondary N) is 1. The van der Waals surface area contributed by atoms with Gasteiger partial charge < -0.3 is 39.3 Å². The first-order valence-electron chi connectivity index (χ1n) is 14.1. The normalized spacial score (nSPS) is 18.1. The minimum Gasteiger partial charge on any atom is -0.449 e. The molecule has 2 saturated heterocycles. The van der Waals surface area contributed by atoms with Crippen LogP contribution in [0.25, 0.3) is 11.3 Å². The summed E-state index contributed by atoms with van der Waals surface area (Å²) >= 11 is 0. The Balaban J connectivity index is 1.53. The second-order valence-corrected chi connectivity index (χ2v) is 11.9. The molecule has 3 heterocycles. The first-order chi connectivity index (χ1) is 20.1. The zero-order valence-corrected chi connectivity index (χ0v) is 24.7. The van der Waals surface area contributed by atoms with Crippen LogP contribution in [0, 0.1) is 0 Å². The number of piperazine rings is 1. The molecule has 0 radical (unpaired) electrons. The van der Waals surface area contributed by atoms with Crippen molar-refractivity contribution in [3.63, 3.8) is 0 Å². The lowest BCUT2D eigenvalue weighted by Gasteiger charge is -2.36. The molecule has 3 N–H and O–H groups in total. The standard InChI is InChI=1S/C28H38N5O8P/c1-3-4-17-41-28(36)32-15-13-31(14-16-32)27(35)26(42(37,38)39)30-25(34)23-19-21(33-12-8-11-24(33)40-2)18-22(29-23)20-9-6-5-7-10-20/h5-7,9-10,18-19,24,26H,3-4,8,11-17H2,1-2H3,(H,30,34)(H2,37,38,39)/t24-,26?/m0/s1. The van der Waals surface area contributed by atoms with Gasteiger partial charge in [0.25, 0.3) is 11.8 Å². The minimum absolute atomic E-state index is 0.0351. The molecule has 2 atom stereocenters. The van der Waals surface area contributed by atoms with Crippen LogP contribution in [-0.2, 0) is 18.8 Å². The first kappa shape index (κ1) is 31.4. The maximum Gasteiger partial charge on any atom is 0.409 e. The van der Waals surface area contributed by atoms with E-state index in [1.54, 1.807) is 7.11 Å². The third-order valence-electron chi connectivity index (χ3n) is 7.32. The van der Waals surface area contributed by atoms with E-state index in [-0.39, 0.29) is 38.1 Å². The van der Waals surface area contributed by atoms with E-state index in [1.165, 1.54) is 15.9 Å². The molecule has 0 aliphatic carbocycles. The molecule has 1 aromatic carbocycles. The summed E-state index contributed by atoms with van der Waals surface area (Å²) in [5, 5.41) is 2.25. The van der Waals surface area contributed by atoms with Gasteiger partial charge in [0.2, 0.25) is 5.78 Å². The highest BCUT2D eigenvalue weighted by Crippen LogP contribution is 2.41. The number of hydrogen-bond donors (Lipinski definition) is 3. The van der Waals surface area contributed by atoms with Crippen molar-refractivity contribution in [2.24, 2.45) is 0 Å². The Hall–Kier alpha value is -3.51. The number of rotatable bonds is 10. The number of pyridine rings is 1. The number of anilines is 1. The third kappa shape index (κ3) is 7.65. The Labute approximate surface area is 244 Å². The van der Waals surface area contributed by atoms with E-state index in [1.807, 2.05) is 48.2 Å². The molecule has 1 aromatic heterocycles. The van der Waals surface area contributed by atoms with Crippen molar-refractivity contribution in [2.45, 2.75) is 44.6 Å². The second kappa shape index (κ2) is 14.1. The summed E-state index contributed by atoms with van der Waals surface area (Å²) in [6, 6.07) is 12.6. The van der Waals surface area contributed by atoms with Crippen molar-refractivity contribution < 1.29 is 38.2 Å². The SMILES string of the molecule is CCCCOC(=O)N1CCN(C(=O)C(NC(=O)c2cc(N3CCC[C@@H]3OC)cc(-c3ccccc3)n2)P(=O)(O)O)CC1. The molecule has 2 fully saturated rings. The van der Waals surface area contributed by atoms with Gasteiger partial charge in [-0.05, 0) is 31.4 Å². The lowest BCUT2D eigenvalue weighted by Crippen LogP contribution is -2.55. The topological polar surface area (TPSA) is 162 Å². The van der Waals surface area contributed by atoms with E-state index < -0.39 is 31.3 Å². The van der Waals surface area contributed by atoms with Crippen molar-refractivity contribution in [1.82, 2.24) is 20.1 Å². The van der Waals surface area contributed by atoms with Gasteiger partial charge >= 0.3 is 13.7 Å². The van der Waals surface area contributed by atoms with Crippen LogP contribution in [0.4, 0.5) is 10.5 Å². The fourth-order valence-electron chi connectivity index (χ4n) is 5.00. The predicted octanol–water partition coefficient (Wildman–Crippen LogP) is 2.64. The summed E-state index contributed by atoms with van der Waals surface area (Å²) in [6.07, 6.45) is 2.62. The molecule has 14 heteroatoms. The number of carbonyl (C=O) groups is 3. The summed E-state index contributed by atoms with van der Waals surface area (Å²) < 4.78 is 23.3. The zero-order chi connectivity index (χ0) is 30.3. The molecular weight excluding hydrogens is 565 g/mol. The number of hydrogen-bond acceptors (Lipinski definition) is 8. The maximum atomic E-state index is 13.5. The molecule has 4 rings (SSSR count). The molecule has 228 valence electrons. The molecule has 1 unspecified atom stereocenters. The molecule has 2 aromatic rings. The number of nitrogens with zero attached hydrogens (tertiary/aromatic N) is 4. The Morgan fingerprint density at radius 3 is 2.40 bits per heavy atom. The predicted molar refractivity (Wildman–Crippen MR) is 155 cm³/mol. The summed E-state index contributed by atoms with van der Waals surface area (Å²) in [7, 11) is -3.52. The van der Waals surface area contributed by atoms with Crippen molar-refractivity contribution >= 4 is 31.2 Å². The largest absolute Gasteiger partial charge is 0.449 e. The molecule has 42 heavy (non-hydrogen) atoms. The van der Waals surface area contributed by atoms with Crippen LogP contribution in [0.5, 0.6) is 0 Å². The van der Waals surface area contributed by atoms with Gasteiger partial charge in [0.05, 0.1) is 12.3 Å². The highest BCUT2D eigenvalue weighted by Gasteiger charge is 2.41. The average molecular weight is 604 g/mol. The Kier molecular flexibility index (Phi) is 10.6. The van der Waals surface area contributed by atoms with E-state index in [0.29, 0.717) is 24.5 Å². The van der Waals surface area contributed by atoms with E-state index in [2.05, 4.69) is 10.3 Å². The van der Waals surface area contributed by atoms with Crippen molar-refractivity contribution in [2.75, 3.05) is 51.3 Å². The van der Waals surface area contributed by atoms with Gasteiger partial charge in [-0.2, -0.15) is 0 Å². The van der Waals surface area contributed by atoms with Gasteiger partial charge in [0.1, 0.15) is 11.9 Å². The number of amides is 3. The average Bonchev–Trinajstić information content (AvgIpc) is 3.48. The van der Waals surface area contributed by atoms with Gasteiger partial charge in [0.15, 0.2) is 0 Å². The molecule has 3 amide bonds. The highest BCUT2D eigenvalue weighted by atomic mass is 31.2. The van der Waals surface area contributed by atoms with Crippen LogP contribution in [0.1, 0.15) is 43.1 Å². The number of aromatic nitrogens is 1. The molecule has 0 saturated carbocycles. The number of carbonyl (C=O) groups excluding carboxylic acids is 3. The smallest absolute Gasteiger partial charge is 0.409 e. The summed E-state index contributed by atoms with van der Waals surface area (Å²) in [4.78, 5) is 68.3. The molecule has 2 aliphatic rings. The van der Waals surface area contributed by atoms with Crippen LogP contribution in [0.3, 0.4) is 0 Å². The third-order valence-corrected chi connectivity index (χ3v) is 8.35. The monoisotopic (exact) mass is 603 g/mol. The summed E-state index contributed by atoms with van der Waals surface area (Å²) in [5.41, 5.74) is 1.80. The molecule has 0 bridgehead atoms. The van der Waals surface area contributed by atoms with E-state index in [4.69, 9.17) is 9.47 Å². The van der Waals surface area contributed by atoms with Crippen molar-refractivity contribution in [3.8, 4) is 11.3 Å². The molecule has 0 spiro atoms. The Morgan fingerprint density at radius 2 is 1.76 bits per heavy atom. The quantitative estimate of drug-likeness (QED) is 0.272. The van der Waals surface area contributed by atoms with Crippen LogP contribution in [0.15, 0.2) is 42.5 Å².